The third kappa shape index (κ3) is 6.50. The first-order valence-corrected chi connectivity index (χ1v) is 13.9. The third-order valence-electron chi connectivity index (χ3n) is 5.90. The Kier molecular flexibility index (Phi) is 7.47. The van der Waals surface area contributed by atoms with Crippen molar-refractivity contribution in [3.63, 3.8) is 0 Å². The lowest BCUT2D eigenvalue weighted by molar-refractivity contribution is 0.0523. The molecule has 0 aliphatic carbocycles. The molecule has 0 unspecified atom stereocenters. The number of rotatable bonds is 6. The van der Waals surface area contributed by atoms with Crippen molar-refractivity contribution >= 4 is 32.8 Å². The van der Waals surface area contributed by atoms with Crippen molar-refractivity contribution in [2.75, 3.05) is 4.72 Å². The summed E-state index contributed by atoms with van der Waals surface area (Å²) >= 11 is 0. The Morgan fingerprint density at radius 1 is 0.895 bits per heavy atom. The Labute approximate surface area is 224 Å². The maximum atomic E-state index is 13.1. The summed E-state index contributed by atoms with van der Waals surface area (Å²) in [6.07, 6.45) is -0.459. The van der Waals surface area contributed by atoms with Crippen molar-refractivity contribution in [3.8, 4) is 11.1 Å². The Morgan fingerprint density at radius 3 is 2.26 bits per heavy atom. The zero-order valence-corrected chi connectivity index (χ0v) is 23.4. The number of anilines is 1. The van der Waals surface area contributed by atoms with Gasteiger partial charge in [0.05, 0.1) is 10.4 Å². The quantitative estimate of drug-likeness (QED) is 0.290. The summed E-state index contributed by atoms with van der Waals surface area (Å²) in [6.45, 7) is 11.4. The van der Waals surface area contributed by atoms with Gasteiger partial charge in [-0.05, 0) is 99.7 Å². The largest absolute Gasteiger partial charge is 0.444 e. The monoisotopic (exact) mass is 531 g/mol. The number of benzene rings is 3. The number of nitrogens with one attached hydrogen (secondary N) is 2. The molecule has 7 nitrogen and oxygen atoms in total. The van der Waals surface area contributed by atoms with E-state index >= 15 is 0 Å². The highest BCUT2D eigenvalue weighted by molar-refractivity contribution is 7.92. The average Bonchev–Trinajstić information content (AvgIpc) is 2.80. The van der Waals surface area contributed by atoms with E-state index in [0.717, 1.165) is 27.6 Å². The lowest BCUT2D eigenvalue weighted by Gasteiger charge is -2.19. The van der Waals surface area contributed by atoms with Gasteiger partial charge in [0, 0.05) is 11.9 Å². The van der Waals surface area contributed by atoms with Crippen molar-refractivity contribution < 1.29 is 17.9 Å². The maximum Gasteiger partial charge on any atom is 0.407 e. The van der Waals surface area contributed by atoms with Crippen LogP contribution in [-0.4, -0.2) is 25.1 Å². The van der Waals surface area contributed by atoms with E-state index in [1.165, 1.54) is 0 Å². The molecule has 0 radical (unpaired) electrons. The minimum atomic E-state index is -3.79. The molecular formula is C30H33N3O4S. The number of amides is 1. The molecule has 0 atom stereocenters. The van der Waals surface area contributed by atoms with Crippen LogP contribution in [0.2, 0.25) is 0 Å². The Bertz CT molecular complexity index is 1600. The van der Waals surface area contributed by atoms with Gasteiger partial charge in [-0.2, -0.15) is 0 Å². The molecular weight excluding hydrogens is 498 g/mol. The molecule has 0 saturated carbocycles. The fourth-order valence-corrected chi connectivity index (χ4v) is 5.95. The summed E-state index contributed by atoms with van der Waals surface area (Å²) in [5, 5.41) is 3.66. The van der Waals surface area contributed by atoms with Crippen molar-refractivity contribution in [1.82, 2.24) is 10.3 Å². The standard InChI is InChI=1S/C30H33N3O4S/c1-19-14-20(2)28(21(3)15-19)38(35,36)33-27-13-11-25-17-24(10-12-26(25)32-27)23-9-7-8-22(16-23)18-31-29(34)37-30(4,5)6/h7-17H,18H2,1-6H3,(H,31,34)(H,32,33). The molecule has 198 valence electrons. The topological polar surface area (TPSA) is 97.4 Å². The predicted molar refractivity (Wildman–Crippen MR) is 152 cm³/mol. The number of nitrogens with zero attached hydrogens (tertiary/aromatic N) is 1. The molecule has 4 rings (SSSR count). The number of sulfonamides is 1. The van der Waals surface area contributed by atoms with Crippen LogP contribution in [0.5, 0.6) is 0 Å². The molecule has 2 N–H and O–H groups in total. The van der Waals surface area contributed by atoms with Gasteiger partial charge in [-0.3, -0.25) is 4.72 Å². The first-order valence-electron chi connectivity index (χ1n) is 12.4. The average molecular weight is 532 g/mol. The fourth-order valence-electron chi connectivity index (χ4n) is 4.49. The van der Waals surface area contributed by atoms with Crippen molar-refractivity contribution in [2.45, 2.75) is 58.6 Å². The Balaban J connectivity index is 1.53. The van der Waals surface area contributed by atoms with Gasteiger partial charge in [-0.15, -0.1) is 0 Å². The van der Waals surface area contributed by atoms with Crippen LogP contribution in [-0.2, 0) is 21.3 Å². The molecule has 0 saturated heterocycles. The molecule has 4 aromatic rings. The number of carbonyl (C=O) groups is 1. The van der Waals surface area contributed by atoms with E-state index in [9.17, 15) is 13.2 Å². The molecule has 0 aliphatic heterocycles. The Hall–Kier alpha value is -3.91. The molecule has 1 amide bonds. The van der Waals surface area contributed by atoms with Gasteiger partial charge in [-0.1, -0.05) is 42.0 Å². The van der Waals surface area contributed by atoms with E-state index in [0.29, 0.717) is 23.2 Å². The van der Waals surface area contributed by atoms with E-state index in [1.807, 2.05) is 88.4 Å². The van der Waals surface area contributed by atoms with Gasteiger partial charge in [0.2, 0.25) is 0 Å². The van der Waals surface area contributed by atoms with Crippen LogP contribution in [0.1, 0.15) is 43.0 Å². The predicted octanol–water partition coefficient (Wildman–Crippen LogP) is 6.65. The van der Waals surface area contributed by atoms with Crippen molar-refractivity contribution in [1.29, 1.82) is 0 Å². The number of hydrogen-bond acceptors (Lipinski definition) is 5. The van der Waals surface area contributed by atoms with Gasteiger partial charge in [0.15, 0.2) is 0 Å². The van der Waals surface area contributed by atoms with Crippen LogP contribution in [0.15, 0.2) is 71.6 Å². The number of aryl methyl sites for hydroxylation is 3. The first kappa shape index (κ1) is 27.1. The zero-order valence-electron chi connectivity index (χ0n) is 22.5. The van der Waals surface area contributed by atoms with Gasteiger partial charge in [0.1, 0.15) is 11.4 Å². The smallest absolute Gasteiger partial charge is 0.407 e. The number of aromatic nitrogens is 1. The molecule has 0 bridgehead atoms. The minimum absolute atomic E-state index is 0.264. The summed E-state index contributed by atoms with van der Waals surface area (Å²) < 4.78 is 34.2. The highest BCUT2D eigenvalue weighted by atomic mass is 32.2. The molecule has 1 heterocycles. The highest BCUT2D eigenvalue weighted by Crippen LogP contribution is 2.27. The highest BCUT2D eigenvalue weighted by Gasteiger charge is 2.21. The van der Waals surface area contributed by atoms with Crippen molar-refractivity contribution in [2.24, 2.45) is 0 Å². The molecule has 0 spiro atoms. The molecule has 0 aliphatic rings. The number of pyridine rings is 1. The number of alkyl carbamates (subject to hydrolysis) is 1. The van der Waals surface area contributed by atoms with Crippen LogP contribution >= 0.6 is 0 Å². The van der Waals surface area contributed by atoms with Gasteiger partial charge >= 0.3 is 6.09 Å². The minimum Gasteiger partial charge on any atom is -0.444 e. The van der Waals surface area contributed by atoms with Gasteiger partial charge < -0.3 is 10.1 Å². The van der Waals surface area contributed by atoms with Crippen molar-refractivity contribution in [3.05, 3.63) is 89.0 Å². The van der Waals surface area contributed by atoms with Crippen LogP contribution in [0, 0.1) is 20.8 Å². The first-order chi connectivity index (χ1) is 17.8. The van der Waals surface area contributed by atoms with E-state index in [2.05, 4.69) is 15.0 Å². The van der Waals surface area contributed by atoms with Crippen LogP contribution < -0.4 is 10.0 Å². The summed E-state index contributed by atoms with van der Waals surface area (Å²) in [5.74, 6) is 0.264. The summed E-state index contributed by atoms with van der Waals surface area (Å²) in [6, 6.07) is 21.0. The third-order valence-corrected chi connectivity index (χ3v) is 7.56. The summed E-state index contributed by atoms with van der Waals surface area (Å²) in [5.41, 5.74) is 5.45. The lowest BCUT2D eigenvalue weighted by atomic mass is 10.0. The molecule has 38 heavy (non-hydrogen) atoms. The normalized spacial score (nSPS) is 11.8. The molecule has 3 aromatic carbocycles. The van der Waals surface area contributed by atoms with Gasteiger partial charge in [0.25, 0.3) is 10.0 Å². The maximum absolute atomic E-state index is 13.1. The zero-order chi connectivity index (χ0) is 27.7. The lowest BCUT2D eigenvalue weighted by Crippen LogP contribution is -2.32. The fraction of sp³-hybridized carbons (Fsp3) is 0.267. The van der Waals surface area contributed by atoms with Crippen LogP contribution in [0.25, 0.3) is 22.0 Å². The second-order valence-electron chi connectivity index (χ2n) is 10.5. The van der Waals surface area contributed by atoms with Crippen LogP contribution in [0.4, 0.5) is 10.6 Å². The molecule has 0 fully saturated rings. The second-order valence-corrected chi connectivity index (χ2v) is 12.1. The number of fused-ring (bicyclic) bond motifs is 1. The summed E-state index contributed by atoms with van der Waals surface area (Å²) in [4.78, 5) is 16.8. The van der Waals surface area contributed by atoms with E-state index in [4.69, 9.17) is 4.74 Å². The number of ether oxygens (including phenoxy) is 1. The van der Waals surface area contributed by atoms with E-state index in [1.54, 1.807) is 19.9 Å². The number of carbonyl (C=O) groups excluding carboxylic acids is 1. The van der Waals surface area contributed by atoms with E-state index < -0.39 is 21.7 Å². The number of hydrogen-bond donors (Lipinski definition) is 2. The summed E-state index contributed by atoms with van der Waals surface area (Å²) in [7, 11) is -3.79. The Morgan fingerprint density at radius 2 is 1.58 bits per heavy atom. The molecule has 1 aromatic heterocycles. The second kappa shape index (κ2) is 10.5. The van der Waals surface area contributed by atoms with Crippen LogP contribution in [0.3, 0.4) is 0 Å². The van der Waals surface area contributed by atoms with E-state index in [-0.39, 0.29) is 10.7 Å². The molecule has 8 heteroatoms. The SMILES string of the molecule is Cc1cc(C)c(S(=O)(=O)Nc2ccc3cc(-c4cccc(CNC(=O)OC(C)(C)C)c4)ccc3n2)c(C)c1. The van der Waals surface area contributed by atoms with Gasteiger partial charge in [-0.25, -0.2) is 18.2 Å².